The third kappa shape index (κ3) is 5.59. The third-order valence-electron chi connectivity index (χ3n) is 3.41. The summed E-state index contributed by atoms with van der Waals surface area (Å²) in [5.41, 5.74) is 0. The van der Waals surface area contributed by atoms with Crippen LogP contribution in [0, 0.1) is 0 Å². The Balaban J connectivity index is 2.45. The van der Waals surface area contributed by atoms with Crippen LogP contribution < -0.4 is 0 Å². The molecule has 1 saturated heterocycles. The Morgan fingerprint density at radius 2 is 2.11 bits per heavy atom. The SMILES string of the molecule is CCOC(=O)CCC(=O)N1CCCCC1CC(C)O. The number of carbonyl (C=O) groups is 2. The smallest absolute Gasteiger partial charge is 0.306 e. The van der Waals surface area contributed by atoms with E-state index in [1.54, 1.807) is 13.8 Å². The average Bonchev–Trinajstić information content (AvgIpc) is 2.36. The maximum Gasteiger partial charge on any atom is 0.306 e. The number of hydrogen-bond donors (Lipinski definition) is 1. The van der Waals surface area contributed by atoms with Crippen molar-refractivity contribution >= 4 is 11.9 Å². The normalized spacial score (nSPS) is 21.0. The predicted octanol–water partition coefficient (Wildman–Crippen LogP) is 1.48. The number of rotatable bonds is 6. The van der Waals surface area contributed by atoms with Crippen molar-refractivity contribution < 1.29 is 19.4 Å². The monoisotopic (exact) mass is 271 g/mol. The van der Waals surface area contributed by atoms with Crippen LogP contribution >= 0.6 is 0 Å². The van der Waals surface area contributed by atoms with Gasteiger partial charge >= 0.3 is 5.97 Å². The Morgan fingerprint density at radius 3 is 2.74 bits per heavy atom. The first-order valence-electron chi connectivity index (χ1n) is 7.17. The van der Waals surface area contributed by atoms with Crippen molar-refractivity contribution in [1.29, 1.82) is 0 Å². The first-order valence-corrected chi connectivity index (χ1v) is 7.17. The molecule has 5 nitrogen and oxygen atoms in total. The molecule has 5 heteroatoms. The van der Waals surface area contributed by atoms with Crippen LogP contribution in [0.5, 0.6) is 0 Å². The zero-order valence-corrected chi connectivity index (χ0v) is 11.9. The number of nitrogens with zero attached hydrogens (tertiary/aromatic N) is 1. The van der Waals surface area contributed by atoms with Gasteiger partial charge in [-0.05, 0) is 39.5 Å². The standard InChI is InChI=1S/C14H25NO4/c1-3-19-14(18)8-7-13(17)15-9-5-4-6-12(15)10-11(2)16/h11-12,16H,3-10H2,1-2H3. The fraction of sp³-hybridized carbons (Fsp3) is 0.857. The van der Waals surface area contributed by atoms with Crippen LogP contribution in [0.1, 0.15) is 52.4 Å². The van der Waals surface area contributed by atoms with Gasteiger partial charge in [-0.1, -0.05) is 0 Å². The lowest BCUT2D eigenvalue weighted by molar-refractivity contribution is -0.146. The molecular weight excluding hydrogens is 246 g/mol. The summed E-state index contributed by atoms with van der Waals surface area (Å²) in [4.78, 5) is 25.2. The number of carbonyl (C=O) groups excluding carboxylic acids is 2. The minimum absolute atomic E-state index is 0.00148. The maximum absolute atomic E-state index is 12.1. The highest BCUT2D eigenvalue weighted by molar-refractivity contribution is 5.81. The number of amides is 1. The minimum Gasteiger partial charge on any atom is -0.466 e. The van der Waals surface area contributed by atoms with Crippen LogP contribution in [0.15, 0.2) is 0 Å². The summed E-state index contributed by atoms with van der Waals surface area (Å²) < 4.78 is 4.82. The molecule has 0 aliphatic carbocycles. The second-order valence-electron chi connectivity index (χ2n) is 5.13. The van der Waals surface area contributed by atoms with Gasteiger partial charge in [-0.2, -0.15) is 0 Å². The molecule has 2 unspecified atom stereocenters. The Morgan fingerprint density at radius 1 is 1.37 bits per heavy atom. The van der Waals surface area contributed by atoms with Gasteiger partial charge in [0, 0.05) is 19.0 Å². The molecule has 0 spiro atoms. The van der Waals surface area contributed by atoms with Gasteiger partial charge in [0.15, 0.2) is 0 Å². The molecule has 0 aromatic carbocycles. The van der Waals surface area contributed by atoms with E-state index in [0.717, 1.165) is 25.8 Å². The van der Waals surface area contributed by atoms with E-state index in [2.05, 4.69) is 0 Å². The lowest BCUT2D eigenvalue weighted by Crippen LogP contribution is -2.45. The van der Waals surface area contributed by atoms with Crippen molar-refractivity contribution in [2.45, 2.75) is 64.5 Å². The van der Waals surface area contributed by atoms with Crippen LogP contribution in [-0.2, 0) is 14.3 Å². The highest BCUT2D eigenvalue weighted by Crippen LogP contribution is 2.22. The maximum atomic E-state index is 12.1. The third-order valence-corrected chi connectivity index (χ3v) is 3.41. The van der Waals surface area contributed by atoms with E-state index in [1.165, 1.54) is 0 Å². The number of ether oxygens (including phenoxy) is 1. The summed E-state index contributed by atoms with van der Waals surface area (Å²) in [6.45, 7) is 4.58. The number of aliphatic hydroxyl groups is 1. The zero-order chi connectivity index (χ0) is 14.3. The van der Waals surface area contributed by atoms with E-state index in [4.69, 9.17) is 4.74 Å². The second kappa shape index (κ2) is 8.15. The van der Waals surface area contributed by atoms with Crippen LogP contribution in [0.4, 0.5) is 0 Å². The van der Waals surface area contributed by atoms with E-state index < -0.39 is 6.10 Å². The fourth-order valence-electron chi connectivity index (χ4n) is 2.55. The molecule has 0 saturated carbocycles. The van der Waals surface area contributed by atoms with E-state index in [9.17, 15) is 14.7 Å². The van der Waals surface area contributed by atoms with E-state index in [0.29, 0.717) is 13.0 Å². The van der Waals surface area contributed by atoms with Crippen molar-refractivity contribution in [3.8, 4) is 0 Å². The Hall–Kier alpha value is -1.10. The van der Waals surface area contributed by atoms with Crippen molar-refractivity contribution in [3.05, 3.63) is 0 Å². The highest BCUT2D eigenvalue weighted by Gasteiger charge is 2.27. The van der Waals surface area contributed by atoms with Crippen LogP contribution in [-0.4, -0.2) is 47.2 Å². The molecule has 1 rings (SSSR count). The molecule has 1 heterocycles. The molecule has 0 aromatic heterocycles. The second-order valence-corrected chi connectivity index (χ2v) is 5.13. The fourth-order valence-corrected chi connectivity index (χ4v) is 2.55. The molecule has 19 heavy (non-hydrogen) atoms. The largest absolute Gasteiger partial charge is 0.466 e. The molecule has 0 radical (unpaired) electrons. The van der Waals surface area contributed by atoms with E-state index in [1.807, 2.05) is 4.90 Å². The summed E-state index contributed by atoms with van der Waals surface area (Å²) in [5, 5.41) is 9.48. The van der Waals surface area contributed by atoms with Gasteiger partial charge in [0.05, 0.1) is 19.1 Å². The highest BCUT2D eigenvalue weighted by atomic mass is 16.5. The Bertz CT molecular complexity index is 304. The Kier molecular flexibility index (Phi) is 6.84. The number of piperidine rings is 1. The van der Waals surface area contributed by atoms with Crippen molar-refractivity contribution in [1.82, 2.24) is 4.90 Å². The molecule has 110 valence electrons. The lowest BCUT2D eigenvalue weighted by Gasteiger charge is -2.36. The molecule has 1 amide bonds. The van der Waals surface area contributed by atoms with Crippen molar-refractivity contribution in [2.75, 3.05) is 13.2 Å². The van der Waals surface area contributed by atoms with Crippen molar-refractivity contribution in [3.63, 3.8) is 0 Å². The molecule has 2 atom stereocenters. The van der Waals surface area contributed by atoms with Gasteiger partial charge in [-0.25, -0.2) is 0 Å². The predicted molar refractivity (Wildman–Crippen MR) is 71.5 cm³/mol. The molecular formula is C14H25NO4. The molecule has 1 N–H and O–H groups in total. The summed E-state index contributed by atoms with van der Waals surface area (Å²) in [6, 6.07) is 0.114. The quantitative estimate of drug-likeness (QED) is 0.743. The molecule has 0 aromatic rings. The van der Waals surface area contributed by atoms with Gasteiger partial charge in [0.2, 0.25) is 5.91 Å². The van der Waals surface area contributed by atoms with Crippen LogP contribution in [0.25, 0.3) is 0 Å². The van der Waals surface area contributed by atoms with E-state index in [-0.39, 0.29) is 30.8 Å². The summed E-state index contributed by atoms with van der Waals surface area (Å²) in [7, 11) is 0. The van der Waals surface area contributed by atoms with Crippen LogP contribution in [0.2, 0.25) is 0 Å². The Labute approximate surface area is 114 Å². The van der Waals surface area contributed by atoms with Gasteiger partial charge in [-0.3, -0.25) is 9.59 Å². The number of hydrogen-bond acceptors (Lipinski definition) is 4. The van der Waals surface area contributed by atoms with Gasteiger partial charge < -0.3 is 14.7 Å². The minimum atomic E-state index is -0.400. The first-order chi connectivity index (χ1) is 9.04. The molecule has 1 aliphatic rings. The van der Waals surface area contributed by atoms with Gasteiger partial charge in [0.25, 0.3) is 0 Å². The summed E-state index contributed by atoms with van der Waals surface area (Å²) in [5.74, 6) is -0.321. The number of aliphatic hydroxyl groups excluding tert-OH is 1. The molecule has 1 aliphatic heterocycles. The lowest BCUT2D eigenvalue weighted by atomic mass is 9.96. The average molecular weight is 271 g/mol. The van der Waals surface area contributed by atoms with Crippen molar-refractivity contribution in [2.24, 2.45) is 0 Å². The van der Waals surface area contributed by atoms with Gasteiger partial charge in [-0.15, -0.1) is 0 Å². The van der Waals surface area contributed by atoms with E-state index >= 15 is 0 Å². The van der Waals surface area contributed by atoms with Gasteiger partial charge in [0.1, 0.15) is 0 Å². The summed E-state index contributed by atoms with van der Waals surface area (Å²) in [6.07, 6.45) is 3.60. The number of likely N-dealkylation sites (tertiary alicyclic amines) is 1. The zero-order valence-electron chi connectivity index (χ0n) is 11.9. The summed E-state index contributed by atoms with van der Waals surface area (Å²) >= 11 is 0. The topological polar surface area (TPSA) is 66.8 Å². The molecule has 1 fully saturated rings. The first kappa shape index (κ1) is 16.0. The van der Waals surface area contributed by atoms with Crippen LogP contribution in [0.3, 0.4) is 0 Å². The molecule has 0 bridgehead atoms. The number of esters is 1.